The van der Waals surface area contributed by atoms with Crippen LogP contribution in [-0.4, -0.2) is 9.55 Å². The van der Waals surface area contributed by atoms with Gasteiger partial charge < -0.3 is 4.57 Å². The minimum atomic E-state index is -4.33. The zero-order chi connectivity index (χ0) is 11.9. The molecule has 0 bridgehead atoms. The highest BCUT2D eigenvalue weighted by molar-refractivity contribution is 5.14. The van der Waals surface area contributed by atoms with Crippen molar-refractivity contribution in [3.05, 3.63) is 17.7 Å². The number of halogens is 3. The van der Waals surface area contributed by atoms with Gasteiger partial charge in [-0.05, 0) is 6.92 Å². The molecule has 0 radical (unpaired) electrons. The van der Waals surface area contributed by atoms with E-state index in [1.165, 1.54) is 4.57 Å². The van der Waals surface area contributed by atoms with Crippen molar-refractivity contribution in [2.24, 2.45) is 0 Å². The van der Waals surface area contributed by atoms with Gasteiger partial charge in [-0.15, -0.1) is 0 Å². The standard InChI is InChI=1S/C10H15F3N2/c1-5-15-7(10(11,12)13)6-14-8(15)9(2,3)4/h6H,5H2,1-4H3. The number of rotatable bonds is 1. The summed E-state index contributed by atoms with van der Waals surface area (Å²) in [5.41, 5.74) is -1.05. The summed E-state index contributed by atoms with van der Waals surface area (Å²) in [7, 11) is 0. The molecular formula is C10H15F3N2. The SMILES string of the molecule is CCn1c(C(F)(F)F)cnc1C(C)(C)C. The Labute approximate surface area is 87.1 Å². The van der Waals surface area contributed by atoms with Gasteiger partial charge in [-0.1, -0.05) is 20.8 Å². The van der Waals surface area contributed by atoms with Crippen molar-refractivity contribution in [2.45, 2.75) is 45.8 Å². The summed E-state index contributed by atoms with van der Waals surface area (Å²) in [6.45, 7) is 7.51. The van der Waals surface area contributed by atoms with E-state index in [1.54, 1.807) is 6.92 Å². The predicted octanol–water partition coefficient (Wildman–Crippen LogP) is 3.22. The molecule has 0 spiro atoms. The maximum absolute atomic E-state index is 12.6. The van der Waals surface area contributed by atoms with Crippen LogP contribution in [0.4, 0.5) is 13.2 Å². The molecule has 0 aromatic carbocycles. The second kappa shape index (κ2) is 3.54. The van der Waals surface area contributed by atoms with Gasteiger partial charge in [0.25, 0.3) is 0 Å². The van der Waals surface area contributed by atoms with Crippen LogP contribution in [0, 0.1) is 0 Å². The highest BCUT2D eigenvalue weighted by Crippen LogP contribution is 2.32. The Bertz CT molecular complexity index is 313. The van der Waals surface area contributed by atoms with Crippen LogP contribution in [0.3, 0.4) is 0 Å². The van der Waals surface area contributed by atoms with Gasteiger partial charge in [0, 0.05) is 12.0 Å². The molecule has 15 heavy (non-hydrogen) atoms. The highest BCUT2D eigenvalue weighted by Gasteiger charge is 2.37. The molecule has 0 atom stereocenters. The van der Waals surface area contributed by atoms with Crippen molar-refractivity contribution in [3.8, 4) is 0 Å². The molecule has 1 rings (SSSR count). The third kappa shape index (κ3) is 2.33. The van der Waals surface area contributed by atoms with Crippen LogP contribution in [0.25, 0.3) is 0 Å². The Morgan fingerprint density at radius 2 is 1.80 bits per heavy atom. The Hall–Kier alpha value is -1.00. The summed E-state index contributed by atoms with van der Waals surface area (Å²) in [5.74, 6) is 0.470. The van der Waals surface area contributed by atoms with Gasteiger partial charge in [-0.3, -0.25) is 0 Å². The van der Waals surface area contributed by atoms with E-state index in [4.69, 9.17) is 0 Å². The zero-order valence-electron chi connectivity index (χ0n) is 9.31. The van der Waals surface area contributed by atoms with Crippen molar-refractivity contribution in [2.75, 3.05) is 0 Å². The number of aromatic nitrogens is 2. The highest BCUT2D eigenvalue weighted by atomic mass is 19.4. The first kappa shape index (κ1) is 12.1. The largest absolute Gasteiger partial charge is 0.433 e. The Balaban J connectivity index is 3.30. The van der Waals surface area contributed by atoms with Gasteiger partial charge in [0.15, 0.2) is 0 Å². The molecule has 1 aromatic rings. The summed E-state index contributed by atoms with van der Waals surface area (Å²) >= 11 is 0. The monoisotopic (exact) mass is 220 g/mol. The van der Waals surface area contributed by atoms with E-state index < -0.39 is 11.9 Å². The summed E-state index contributed by atoms with van der Waals surface area (Å²) in [6, 6.07) is 0. The molecule has 0 aliphatic carbocycles. The molecule has 1 heterocycles. The van der Waals surface area contributed by atoms with Crippen LogP contribution in [0.1, 0.15) is 39.2 Å². The van der Waals surface area contributed by atoms with Crippen molar-refractivity contribution >= 4 is 0 Å². The predicted molar refractivity (Wildman–Crippen MR) is 51.6 cm³/mol. The van der Waals surface area contributed by atoms with Crippen molar-refractivity contribution in [1.82, 2.24) is 9.55 Å². The fourth-order valence-electron chi connectivity index (χ4n) is 1.52. The lowest BCUT2D eigenvalue weighted by atomic mass is 9.95. The van der Waals surface area contributed by atoms with Crippen molar-refractivity contribution < 1.29 is 13.2 Å². The average molecular weight is 220 g/mol. The van der Waals surface area contributed by atoms with Crippen LogP contribution >= 0.6 is 0 Å². The lowest BCUT2D eigenvalue weighted by molar-refractivity contribution is -0.143. The Morgan fingerprint density at radius 1 is 1.27 bits per heavy atom. The summed E-state index contributed by atoms with van der Waals surface area (Å²) in [6.07, 6.45) is -3.42. The Kier molecular flexibility index (Phi) is 2.85. The van der Waals surface area contributed by atoms with Crippen LogP contribution in [0.15, 0.2) is 6.20 Å². The van der Waals surface area contributed by atoms with E-state index >= 15 is 0 Å². The van der Waals surface area contributed by atoms with Gasteiger partial charge >= 0.3 is 6.18 Å². The summed E-state index contributed by atoms with van der Waals surface area (Å²) < 4.78 is 39.0. The molecule has 0 aliphatic heterocycles. The number of hydrogen-bond acceptors (Lipinski definition) is 1. The second-order valence-corrected chi connectivity index (χ2v) is 4.46. The third-order valence-electron chi connectivity index (χ3n) is 2.13. The molecule has 0 saturated heterocycles. The lowest BCUT2D eigenvalue weighted by Gasteiger charge is -2.20. The van der Waals surface area contributed by atoms with Crippen molar-refractivity contribution in [1.29, 1.82) is 0 Å². The van der Waals surface area contributed by atoms with E-state index in [0.29, 0.717) is 5.82 Å². The fraction of sp³-hybridized carbons (Fsp3) is 0.700. The molecule has 0 unspecified atom stereocenters. The van der Waals surface area contributed by atoms with Crippen molar-refractivity contribution in [3.63, 3.8) is 0 Å². The second-order valence-electron chi connectivity index (χ2n) is 4.46. The van der Waals surface area contributed by atoms with Gasteiger partial charge in [-0.2, -0.15) is 13.2 Å². The lowest BCUT2D eigenvalue weighted by Crippen LogP contribution is -2.22. The number of alkyl halides is 3. The van der Waals surface area contributed by atoms with Gasteiger partial charge in [0.1, 0.15) is 11.5 Å². The summed E-state index contributed by atoms with van der Waals surface area (Å²) in [4.78, 5) is 3.87. The molecule has 0 saturated carbocycles. The maximum atomic E-state index is 12.6. The topological polar surface area (TPSA) is 17.8 Å². The first-order chi connectivity index (χ1) is 6.68. The normalized spacial score (nSPS) is 13.3. The smallest absolute Gasteiger partial charge is 0.324 e. The molecule has 1 aromatic heterocycles. The van der Waals surface area contributed by atoms with Gasteiger partial charge in [0.05, 0.1) is 6.20 Å². The number of imidazole rings is 1. The fourth-order valence-corrected chi connectivity index (χ4v) is 1.52. The minimum absolute atomic E-state index is 0.279. The van der Waals surface area contributed by atoms with E-state index in [2.05, 4.69) is 4.98 Å². The molecule has 0 aliphatic rings. The average Bonchev–Trinajstić information content (AvgIpc) is 2.43. The first-order valence-corrected chi connectivity index (χ1v) is 4.81. The maximum Gasteiger partial charge on any atom is 0.433 e. The number of hydrogen-bond donors (Lipinski definition) is 0. The molecular weight excluding hydrogens is 205 g/mol. The quantitative estimate of drug-likeness (QED) is 0.710. The Morgan fingerprint density at radius 3 is 2.13 bits per heavy atom. The third-order valence-corrected chi connectivity index (χ3v) is 2.13. The van der Waals surface area contributed by atoms with Crippen LogP contribution in [0.5, 0.6) is 0 Å². The summed E-state index contributed by atoms with van der Waals surface area (Å²) in [5, 5.41) is 0. The van der Waals surface area contributed by atoms with Crippen LogP contribution in [-0.2, 0) is 18.1 Å². The van der Waals surface area contributed by atoms with Crippen LogP contribution in [0.2, 0.25) is 0 Å². The molecule has 86 valence electrons. The molecule has 0 amide bonds. The number of nitrogens with zero attached hydrogens (tertiary/aromatic N) is 2. The zero-order valence-corrected chi connectivity index (χ0v) is 9.31. The van der Waals surface area contributed by atoms with E-state index in [-0.39, 0.29) is 12.0 Å². The first-order valence-electron chi connectivity index (χ1n) is 4.81. The van der Waals surface area contributed by atoms with E-state index in [9.17, 15) is 13.2 Å². The molecule has 0 fully saturated rings. The van der Waals surface area contributed by atoms with E-state index in [1.807, 2.05) is 20.8 Å². The minimum Gasteiger partial charge on any atom is -0.324 e. The van der Waals surface area contributed by atoms with Gasteiger partial charge in [-0.25, -0.2) is 4.98 Å². The van der Waals surface area contributed by atoms with E-state index in [0.717, 1.165) is 6.20 Å². The van der Waals surface area contributed by atoms with Crippen LogP contribution < -0.4 is 0 Å². The molecule has 5 heteroatoms. The van der Waals surface area contributed by atoms with Gasteiger partial charge in [0.2, 0.25) is 0 Å². The molecule has 0 N–H and O–H groups in total. The molecule has 2 nitrogen and oxygen atoms in total.